The second-order valence-corrected chi connectivity index (χ2v) is 12.0. The Hall–Kier alpha value is 0.709. The van der Waals surface area contributed by atoms with Crippen LogP contribution in [-0.4, -0.2) is 29.6 Å². The van der Waals surface area contributed by atoms with Gasteiger partial charge in [0.05, 0.1) is 0 Å². The molecule has 0 unspecified atom stereocenters. The monoisotopic (exact) mass is 188 g/mol. The zero-order chi connectivity index (χ0) is 8.91. The molecule has 0 aliphatic heterocycles. The van der Waals surface area contributed by atoms with Gasteiger partial charge in [0, 0.05) is 7.11 Å². The SMILES string of the molecule is CO[Si](C)(C)CC[CH2][Al]([CH3])[CH3]. The van der Waals surface area contributed by atoms with Gasteiger partial charge in [-0.25, -0.2) is 0 Å². The van der Waals surface area contributed by atoms with E-state index in [1.165, 1.54) is 17.7 Å². The Morgan fingerprint density at radius 2 is 1.82 bits per heavy atom. The molecule has 0 N–H and O–H groups in total. The first-order valence-corrected chi connectivity index (χ1v) is 10.8. The van der Waals surface area contributed by atoms with Gasteiger partial charge in [0.25, 0.3) is 14.1 Å². The van der Waals surface area contributed by atoms with Gasteiger partial charge in [-0.15, -0.1) is 11.6 Å². The third kappa shape index (κ3) is 7.08. The molecular formula is C8H21AlOSi. The highest BCUT2D eigenvalue weighted by Crippen LogP contribution is 2.15. The smallest absolute Gasteiger partial charge is 0.255 e. The average Bonchev–Trinajstić information content (AvgIpc) is 1.87. The second-order valence-electron chi connectivity index (χ2n) is 4.25. The van der Waals surface area contributed by atoms with Gasteiger partial charge in [-0.05, 0) is 19.1 Å². The summed E-state index contributed by atoms with van der Waals surface area (Å²) in [4.78, 5) is 0. The van der Waals surface area contributed by atoms with E-state index in [1.807, 2.05) is 7.11 Å². The molecule has 0 fully saturated rings. The van der Waals surface area contributed by atoms with Crippen molar-refractivity contribution in [1.29, 1.82) is 0 Å². The van der Waals surface area contributed by atoms with Crippen LogP contribution in [0.1, 0.15) is 6.42 Å². The van der Waals surface area contributed by atoms with E-state index in [1.54, 1.807) is 0 Å². The van der Waals surface area contributed by atoms with Crippen LogP contribution in [0.2, 0.25) is 36.0 Å². The van der Waals surface area contributed by atoms with Crippen LogP contribution in [0.3, 0.4) is 0 Å². The maximum Gasteiger partial charge on any atom is 0.255 e. The first kappa shape index (κ1) is 11.7. The molecule has 0 aliphatic rings. The van der Waals surface area contributed by atoms with Crippen LogP contribution in [0.5, 0.6) is 0 Å². The lowest BCUT2D eigenvalue weighted by atomic mass is 10.6. The molecule has 0 atom stereocenters. The molecule has 3 heteroatoms. The molecule has 0 rings (SSSR count). The number of hydrogen-bond donors (Lipinski definition) is 0. The van der Waals surface area contributed by atoms with Crippen molar-refractivity contribution < 1.29 is 4.43 Å². The first-order valence-electron chi connectivity index (χ1n) is 4.53. The van der Waals surface area contributed by atoms with E-state index in [4.69, 9.17) is 4.43 Å². The van der Waals surface area contributed by atoms with E-state index in [-0.39, 0.29) is 14.1 Å². The lowest BCUT2D eigenvalue weighted by Gasteiger charge is -2.19. The first-order chi connectivity index (χ1) is 4.98. The summed E-state index contributed by atoms with van der Waals surface area (Å²) in [6.45, 7) is 4.60. The van der Waals surface area contributed by atoms with Crippen molar-refractivity contribution in [2.24, 2.45) is 0 Å². The minimum absolute atomic E-state index is 0.304. The molecule has 0 radical (unpaired) electrons. The molecule has 0 saturated heterocycles. The highest BCUT2D eigenvalue weighted by molar-refractivity contribution is 6.71. The maximum atomic E-state index is 5.47. The Morgan fingerprint density at radius 3 is 2.18 bits per heavy atom. The molecule has 0 aromatic heterocycles. The van der Waals surface area contributed by atoms with Crippen LogP contribution in [-0.2, 0) is 4.43 Å². The molecule has 0 saturated carbocycles. The van der Waals surface area contributed by atoms with E-state index >= 15 is 0 Å². The normalized spacial score (nSPS) is 11.7. The zero-order valence-electron chi connectivity index (χ0n) is 8.61. The number of rotatable bonds is 5. The molecule has 0 aromatic carbocycles. The second kappa shape index (κ2) is 5.37. The van der Waals surface area contributed by atoms with Gasteiger partial charge < -0.3 is 4.43 Å². The van der Waals surface area contributed by atoms with Gasteiger partial charge in [0.1, 0.15) is 0 Å². The van der Waals surface area contributed by atoms with E-state index in [2.05, 4.69) is 24.7 Å². The molecule has 0 spiro atoms. The standard InChI is InChI=1S/C6H15OSi.2CH3.Al/c1-5-6-8(3,4)7-2;;;/h1,5-6H2,2-4H3;2*1H3;. The fourth-order valence-corrected chi connectivity index (χ4v) is 3.73. The Kier molecular flexibility index (Phi) is 5.72. The van der Waals surface area contributed by atoms with Crippen LogP contribution in [0.4, 0.5) is 0 Å². The molecular weight excluding hydrogens is 167 g/mol. The quantitative estimate of drug-likeness (QED) is 0.603. The fourth-order valence-electron chi connectivity index (χ4n) is 1.04. The summed E-state index contributed by atoms with van der Waals surface area (Å²) in [7, 11) is 0.638. The highest BCUT2D eigenvalue weighted by Gasteiger charge is 2.19. The third-order valence-electron chi connectivity index (χ3n) is 2.11. The lowest BCUT2D eigenvalue weighted by Crippen LogP contribution is -2.28. The summed E-state index contributed by atoms with van der Waals surface area (Å²) in [5.41, 5.74) is 0. The molecule has 66 valence electrons. The van der Waals surface area contributed by atoms with Crippen molar-refractivity contribution in [3.05, 3.63) is 0 Å². The maximum absolute atomic E-state index is 5.47. The Labute approximate surface area is 76.7 Å². The molecule has 0 aliphatic carbocycles. The Balaban J connectivity index is 3.38. The summed E-state index contributed by atoms with van der Waals surface area (Å²) < 4.78 is 5.47. The summed E-state index contributed by atoms with van der Waals surface area (Å²) in [6, 6.07) is 1.34. The van der Waals surface area contributed by atoms with Crippen molar-refractivity contribution >= 4 is 22.5 Å². The van der Waals surface area contributed by atoms with Crippen LogP contribution in [0.25, 0.3) is 0 Å². The largest absolute Gasteiger partial charge is 0.420 e. The summed E-state index contributed by atoms with van der Waals surface area (Å²) in [6.07, 6.45) is 1.40. The minimum Gasteiger partial charge on any atom is -0.420 e. The molecule has 11 heavy (non-hydrogen) atoms. The predicted octanol–water partition coefficient (Wildman–Crippen LogP) is 2.98. The Morgan fingerprint density at radius 1 is 1.27 bits per heavy atom. The zero-order valence-corrected chi connectivity index (χ0v) is 10.8. The molecule has 0 heterocycles. The van der Waals surface area contributed by atoms with Gasteiger partial charge in [0.2, 0.25) is 0 Å². The van der Waals surface area contributed by atoms with Crippen LogP contribution in [0.15, 0.2) is 0 Å². The minimum atomic E-state index is -1.22. The third-order valence-corrected chi connectivity index (χ3v) is 6.34. The van der Waals surface area contributed by atoms with Gasteiger partial charge in [0.15, 0.2) is 8.32 Å². The molecule has 1 nitrogen and oxygen atoms in total. The van der Waals surface area contributed by atoms with Crippen molar-refractivity contribution in [2.45, 2.75) is 42.4 Å². The van der Waals surface area contributed by atoms with E-state index < -0.39 is 8.32 Å². The van der Waals surface area contributed by atoms with E-state index in [0.717, 1.165) is 0 Å². The van der Waals surface area contributed by atoms with Crippen molar-refractivity contribution in [1.82, 2.24) is 0 Å². The highest BCUT2D eigenvalue weighted by atomic mass is 28.4. The van der Waals surface area contributed by atoms with Crippen LogP contribution < -0.4 is 0 Å². The summed E-state index contributed by atoms with van der Waals surface area (Å²) in [5, 5.41) is 1.49. The van der Waals surface area contributed by atoms with E-state index in [9.17, 15) is 0 Å². The molecule has 0 amide bonds. The molecule has 0 aromatic rings. The molecule has 0 bridgehead atoms. The van der Waals surface area contributed by atoms with Crippen LogP contribution >= 0.6 is 0 Å². The summed E-state index contributed by atoms with van der Waals surface area (Å²) >= 11 is -0.304. The van der Waals surface area contributed by atoms with Gasteiger partial charge in [-0.1, -0.05) is 11.7 Å². The van der Waals surface area contributed by atoms with Crippen molar-refractivity contribution in [3.63, 3.8) is 0 Å². The fraction of sp³-hybridized carbons (Fsp3) is 1.00. The lowest BCUT2D eigenvalue weighted by molar-refractivity contribution is 0.403. The topological polar surface area (TPSA) is 9.23 Å². The van der Waals surface area contributed by atoms with Gasteiger partial charge >= 0.3 is 0 Å². The van der Waals surface area contributed by atoms with Crippen molar-refractivity contribution in [2.75, 3.05) is 7.11 Å². The van der Waals surface area contributed by atoms with Crippen molar-refractivity contribution in [3.8, 4) is 0 Å². The van der Waals surface area contributed by atoms with E-state index in [0.29, 0.717) is 0 Å². The van der Waals surface area contributed by atoms with Gasteiger partial charge in [-0.2, -0.15) is 0 Å². The number of hydrogen-bond acceptors (Lipinski definition) is 1. The van der Waals surface area contributed by atoms with Crippen LogP contribution in [0, 0.1) is 0 Å². The summed E-state index contributed by atoms with van der Waals surface area (Å²) in [5.74, 6) is 4.84. The van der Waals surface area contributed by atoms with Gasteiger partial charge in [-0.3, -0.25) is 0 Å². The Bertz CT molecular complexity index is 104. The predicted molar refractivity (Wildman–Crippen MR) is 56.2 cm³/mol. The average molecular weight is 188 g/mol.